The lowest BCUT2D eigenvalue weighted by Gasteiger charge is -2.18. The van der Waals surface area contributed by atoms with Gasteiger partial charge in [0.1, 0.15) is 0 Å². The van der Waals surface area contributed by atoms with Crippen LogP contribution in [0.3, 0.4) is 0 Å². The molecule has 1 atom stereocenters. The van der Waals surface area contributed by atoms with Crippen molar-refractivity contribution in [2.24, 2.45) is 0 Å². The molecule has 0 amide bonds. The Morgan fingerprint density at radius 3 is 2.36 bits per heavy atom. The summed E-state index contributed by atoms with van der Waals surface area (Å²) in [5.74, 6) is -0.538. The normalized spacial score (nSPS) is 15.6. The van der Waals surface area contributed by atoms with E-state index in [-0.39, 0.29) is 0 Å². The van der Waals surface area contributed by atoms with Gasteiger partial charge in [-0.1, -0.05) is 11.6 Å². The molecule has 0 aliphatic rings. The smallest absolute Gasteiger partial charge is 0.353 e. The highest BCUT2D eigenvalue weighted by Gasteiger charge is 2.32. The summed E-state index contributed by atoms with van der Waals surface area (Å²) >= 11 is 5.67. The first-order valence-corrected chi connectivity index (χ1v) is 3.92. The molecule has 4 heteroatoms. The van der Waals surface area contributed by atoms with Crippen LogP contribution < -0.4 is 0 Å². The molecule has 1 unspecified atom stereocenters. The number of carbonyl (C=O) groups excluding carboxylic acids is 1. The first kappa shape index (κ1) is 10.7. The number of alkyl halides is 1. The molecule has 66 valence electrons. The summed E-state index contributed by atoms with van der Waals surface area (Å²) in [7, 11) is 0. The molecule has 11 heavy (non-hydrogen) atoms. The second-order valence-electron chi connectivity index (χ2n) is 2.07. The van der Waals surface area contributed by atoms with Crippen molar-refractivity contribution in [1.82, 2.24) is 0 Å². The van der Waals surface area contributed by atoms with Gasteiger partial charge in [0.2, 0.25) is 5.06 Å². The molecule has 0 aromatic rings. The standard InChI is InChI=1S/C7H13ClO3/c1-4-10-6(9)7(3,8)11-5-2/h4-5H2,1-3H3. The maximum absolute atomic E-state index is 11.0. The zero-order chi connectivity index (χ0) is 8.91. The monoisotopic (exact) mass is 180 g/mol. The fraction of sp³-hybridized carbons (Fsp3) is 0.857. The van der Waals surface area contributed by atoms with Gasteiger partial charge in [0, 0.05) is 6.61 Å². The van der Waals surface area contributed by atoms with Crippen LogP contribution in [0.4, 0.5) is 0 Å². The van der Waals surface area contributed by atoms with E-state index in [9.17, 15) is 4.79 Å². The van der Waals surface area contributed by atoms with Crippen LogP contribution in [-0.4, -0.2) is 24.2 Å². The Morgan fingerprint density at radius 2 is 2.00 bits per heavy atom. The lowest BCUT2D eigenvalue weighted by atomic mass is 10.4. The third-order valence-electron chi connectivity index (χ3n) is 1.06. The van der Waals surface area contributed by atoms with Gasteiger partial charge in [0.15, 0.2) is 0 Å². The molecule has 0 aromatic carbocycles. The van der Waals surface area contributed by atoms with Crippen molar-refractivity contribution >= 4 is 17.6 Å². The van der Waals surface area contributed by atoms with Gasteiger partial charge in [-0.25, -0.2) is 4.79 Å². The Balaban J connectivity index is 3.94. The van der Waals surface area contributed by atoms with Crippen molar-refractivity contribution in [3.63, 3.8) is 0 Å². The number of ether oxygens (including phenoxy) is 2. The van der Waals surface area contributed by atoms with Crippen LogP contribution in [0.15, 0.2) is 0 Å². The molecule has 0 bridgehead atoms. The fourth-order valence-electron chi connectivity index (χ4n) is 0.590. The average Bonchev–Trinajstić information content (AvgIpc) is 1.88. The second-order valence-corrected chi connectivity index (χ2v) is 2.79. The van der Waals surface area contributed by atoms with Gasteiger partial charge >= 0.3 is 5.97 Å². The second kappa shape index (κ2) is 4.57. The molecule has 0 radical (unpaired) electrons. The number of hydrogen-bond donors (Lipinski definition) is 0. The molecule has 0 N–H and O–H groups in total. The molecule has 0 fully saturated rings. The van der Waals surface area contributed by atoms with Gasteiger partial charge < -0.3 is 9.47 Å². The predicted octanol–water partition coefficient (Wildman–Crippen LogP) is 1.54. The van der Waals surface area contributed by atoms with E-state index in [1.807, 2.05) is 0 Å². The summed E-state index contributed by atoms with van der Waals surface area (Å²) < 4.78 is 9.60. The number of rotatable bonds is 4. The summed E-state index contributed by atoms with van der Waals surface area (Å²) in [5.41, 5.74) is 0. The van der Waals surface area contributed by atoms with Gasteiger partial charge in [-0.15, -0.1) is 0 Å². The average molecular weight is 181 g/mol. The van der Waals surface area contributed by atoms with Crippen LogP contribution in [-0.2, 0) is 14.3 Å². The van der Waals surface area contributed by atoms with Crippen molar-refractivity contribution in [1.29, 1.82) is 0 Å². The Hall–Kier alpha value is -0.280. The van der Waals surface area contributed by atoms with Crippen molar-refractivity contribution in [2.75, 3.05) is 13.2 Å². The maximum Gasteiger partial charge on any atom is 0.353 e. The molecular weight excluding hydrogens is 168 g/mol. The largest absolute Gasteiger partial charge is 0.463 e. The van der Waals surface area contributed by atoms with Gasteiger partial charge in [-0.3, -0.25) is 0 Å². The molecule has 0 saturated heterocycles. The summed E-state index contributed by atoms with van der Waals surface area (Å²) in [4.78, 5) is 11.0. The summed E-state index contributed by atoms with van der Waals surface area (Å²) in [6.07, 6.45) is 0. The zero-order valence-electron chi connectivity index (χ0n) is 7.02. The summed E-state index contributed by atoms with van der Waals surface area (Å²) in [6, 6.07) is 0. The minimum atomic E-state index is -1.33. The van der Waals surface area contributed by atoms with Crippen LogP contribution in [0.5, 0.6) is 0 Å². The quantitative estimate of drug-likeness (QED) is 0.487. The molecule has 0 aliphatic heterocycles. The number of carbonyl (C=O) groups is 1. The third-order valence-corrected chi connectivity index (χ3v) is 1.32. The van der Waals surface area contributed by atoms with E-state index in [0.29, 0.717) is 13.2 Å². The fourth-order valence-corrected chi connectivity index (χ4v) is 0.754. The lowest BCUT2D eigenvalue weighted by molar-refractivity contribution is -0.159. The molecular formula is C7H13ClO3. The van der Waals surface area contributed by atoms with Gasteiger partial charge in [-0.2, -0.15) is 0 Å². The van der Waals surface area contributed by atoms with E-state index in [1.54, 1.807) is 13.8 Å². The molecule has 0 spiro atoms. The summed E-state index contributed by atoms with van der Waals surface area (Å²) in [6.45, 7) is 5.65. The Morgan fingerprint density at radius 1 is 1.45 bits per heavy atom. The molecule has 0 saturated carbocycles. The molecule has 0 aromatic heterocycles. The Bertz CT molecular complexity index is 134. The number of halogens is 1. The topological polar surface area (TPSA) is 35.5 Å². The Labute approximate surface area is 71.6 Å². The van der Waals surface area contributed by atoms with Gasteiger partial charge in [0.25, 0.3) is 0 Å². The Kier molecular flexibility index (Phi) is 4.45. The lowest BCUT2D eigenvalue weighted by Crippen LogP contribution is -2.34. The minimum absolute atomic E-state index is 0.314. The molecule has 0 rings (SSSR count). The van der Waals surface area contributed by atoms with Crippen LogP contribution in [0.25, 0.3) is 0 Å². The van der Waals surface area contributed by atoms with Crippen molar-refractivity contribution in [3.05, 3.63) is 0 Å². The van der Waals surface area contributed by atoms with Crippen LogP contribution >= 0.6 is 11.6 Å². The van der Waals surface area contributed by atoms with Crippen molar-refractivity contribution < 1.29 is 14.3 Å². The first-order valence-electron chi connectivity index (χ1n) is 3.54. The highest BCUT2D eigenvalue weighted by molar-refractivity contribution is 6.32. The van der Waals surface area contributed by atoms with Crippen molar-refractivity contribution in [2.45, 2.75) is 25.8 Å². The number of hydrogen-bond acceptors (Lipinski definition) is 3. The molecule has 0 heterocycles. The van der Waals surface area contributed by atoms with Crippen LogP contribution in [0.2, 0.25) is 0 Å². The van der Waals surface area contributed by atoms with E-state index in [0.717, 1.165) is 0 Å². The minimum Gasteiger partial charge on any atom is -0.463 e. The summed E-state index contributed by atoms with van der Waals surface area (Å²) in [5, 5.41) is -1.33. The van der Waals surface area contributed by atoms with E-state index >= 15 is 0 Å². The van der Waals surface area contributed by atoms with Gasteiger partial charge in [0.05, 0.1) is 6.61 Å². The van der Waals surface area contributed by atoms with Crippen molar-refractivity contribution in [3.8, 4) is 0 Å². The highest BCUT2D eigenvalue weighted by atomic mass is 35.5. The highest BCUT2D eigenvalue weighted by Crippen LogP contribution is 2.17. The van der Waals surface area contributed by atoms with E-state index in [4.69, 9.17) is 16.3 Å². The van der Waals surface area contributed by atoms with E-state index < -0.39 is 11.0 Å². The zero-order valence-corrected chi connectivity index (χ0v) is 7.77. The SMILES string of the molecule is CCOC(=O)C(C)(Cl)OCC. The molecule has 3 nitrogen and oxygen atoms in total. The first-order chi connectivity index (χ1) is 5.04. The molecule has 0 aliphatic carbocycles. The van der Waals surface area contributed by atoms with Gasteiger partial charge in [-0.05, 0) is 20.8 Å². The predicted molar refractivity (Wildman–Crippen MR) is 42.5 cm³/mol. The third kappa shape index (κ3) is 3.58. The number of esters is 1. The van der Waals surface area contributed by atoms with E-state index in [2.05, 4.69) is 4.74 Å². The van der Waals surface area contributed by atoms with E-state index in [1.165, 1.54) is 6.92 Å². The van der Waals surface area contributed by atoms with Crippen LogP contribution in [0, 0.1) is 0 Å². The van der Waals surface area contributed by atoms with Crippen LogP contribution in [0.1, 0.15) is 20.8 Å². The maximum atomic E-state index is 11.0.